The maximum absolute atomic E-state index is 5.19. The van der Waals surface area contributed by atoms with E-state index in [-0.39, 0.29) is 0 Å². The third-order valence-corrected chi connectivity index (χ3v) is 3.41. The van der Waals surface area contributed by atoms with Crippen LogP contribution in [0.25, 0.3) is 0 Å². The van der Waals surface area contributed by atoms with Gasteiger partial charge in [0.05, 0.1) is 12.7 Å². The fourth-order valence-corrected chi connectivity index (χ4v) is 2.32. The number of nitrogens with one attached hydrogen (secondary N) is 1. The Morgan fingerprint density at radius 3 is 2.81 bits per heavy atom. The highest BCUT2D eigenvalue weighted by Crippen LogP contribution is 2.29. The SMILES string of the molecule is COc1ncnc(NC2CCCC2C)c1C. The Balaban J connectivity index is 2.14. The summed E-state index contributed by atoms with van der Waals surface area (Å²) in [6.07, 6.45) is 5.39. The predicted molar refractivity (Wildman–Crippen MR) is 63.7 cm³/mol. The Labute approximate surface area is 96.4 Å². The Bertz CT molecular complexity index is 367. The average Bonchev–Trinajstić information content (AvgIpc) is 2.68. The topological polar surface area (TPSA) is 47.0 Å². The second-order valence-corrected chi connectivity index (χ2v) is 4.52. The third-order valence-electron chi connectivity index (χ3n) is 3.41. The third kappa shape index (κ3) is 2.10. The normalized spacial score (nSPS) is 24.4. The predicted octanol–water partition coefficient (Wildman–Crippen LogP) is 2.39. The summed E-state index contributed by atoms with van der Waals surface area (Å²) in [5, 5.41) is 3.50. The van der Waals surface area contributed by atoms with Gasteiger partial charge in [-0.1, -0.05) is 13.3 Å². The Kier molecular flexibility index (Phi) is 3.27. The van der Waals surface area contributed by atoms with Crippen molar-refractivity contribution in [3.63, 3.8) is 0 Å². The molecule has 0 spiro atoms. The van der Waals surface area contributed by atoms with Crippen molar-refractivity contribution < 1.29 is 4.74 Å². The van der Waals surface area contributed by atoms with Gasteiger partial charge in [0, 0.05) is 6.04 Å². The lowest BCUT2D eigenvalue weighted by molar-refractivity contribution is 0.393. The molecule has 2 atom stereocenters. The molecule has 0 aliphatic heterocycles. The first-order valence-electron chi connectivity index (χ1n) is 5.84. The molecule has 0 amide bonds. The van der Waals surface area contributed by atoms with Gasteiger partial charge >= 0.3 is 0 Å². The van der Waals surface area contributed by atoms with Crippen molar-refractivity contribution in [3.8, 4) is 5.88 Å². The van der Waals surface area contributed by atoms with E-state index >= 15 is 0 Å². The largest absolute Gasteiger partial charge is 0.481 e. The van der Waals surface area contributed by atoms with Crippen molar-refractivity contribution in [1.29, 1.82) is 0 Å². The molecule has 4 nitrogen and oxygen atoms in total. The first-order chi connectivity index (χ1) is 7.72. The lowest BCUT2D eigenvalue weighted by Gasteiger charge is -2.19. The fraction of sp³-hybridized carbons (Fsp3) is 0.667. The summed E-state index contributed by atoms with van der Waals surface area (Å²) in [5.41, 5.74) is 0.990. The van der Waals surface area contributed by atoms with E-state index in [9.17, 15) is 0 Å². The number of aromatic nitrogens is 2. The van der Waals surface area contributed by atoms with Crippen molar-refractivity contribution in [2.24, 2.45) is 5.92 Å². The number of methoxy groups -OCH3 is 1. The molecule has 1 heterocycles. The molecular formula is C12H19N3O. The standard InChI is InChI=1S/C12H19N3O/c1-8-5-4-6-10(8)15-11-9(2)12(16-3)14-7-13-11/h7-8,10H,4-6H2,1-3H3,(H,13,14,15). The molecule has 1 aliphatic rings. The number of nitrogens with zero attached hydrogens (tertiary/aromatic N) is 2. The monoisotopic (exact) mass is 221 g/mol. The Morgan fingerprint density at radius 2 is 2.19 bits per heavy atom. The molecule has 16 heavy (non-hydrogen) atoms. The molecule has 1 aromatic rings. The molecular weight excluding hydrogens is 202 g/mol. The summed E-state index contributed by atoms with van der Waals surface area (Å²) >= 11 is 0. The molecule has 88 valence electrons. The average molecular weight is 221 g/mol. The lowest BCUT2D eigenvalue weighted by atomic mass is 10.1. The minimum absolute atomic E-state index is 0.540. The second-order valence-electron chi connectivity index (χ2n) is 4.52. The van der Waals surface area contributed by atoms with Gasteiger partial charge in [-0.25, -0.2) is 9.97 Å². The van der Waals surface area contributed by atoms with Gasteiger partial charge in [-0.05, 0) is 25.7 Å². The van der Waals surface area contributed by atoms with Gasteiger partial charge in [0.1, 0.15) is 12.1 Å². The molecule has 1 saturated carbocycles. The van der Waals surface area contributed by atoms with E-state index in [0.717, 1.165) is 17.3 Å². The first-order valence-corrected chi connectivity index (χ1v) is 5.84. The van der Waals surface area contributed by atoms with Crippen molar-refractivity contribution in [3.05, 3.63) is 11.9 Å². The minimum atomic E-state index is 0.540. The molecule has 0 aromatic carbocycles. The van der Waals surface area contributed by atoms with E-state index < -0.39 is 0 Å². The van der Waals surface area contributed by atoms with E-state index in [0.29, 0.717) is 11.9 Å². The van der Waals surface area contributed by atoms with Crippen LogP contribution in [0.2, 0.25) is 0 Å². The highest BCUT2D eigenvalue weighted by atomic mass is 16.5. The zero-order valence-corrected chi connectivity index (χ0v) is 10.2. The summed E-state index contributed by atoms with van der Waals surface area (Å²) in [6, 6.07) is 0.540. The van der Waals surface area contributed by atoms with Crippen LogP contribution < -0.4 is 10.1 Å². The Hall–Kier alpha value is -1.32. The van der Waals surface area contributed by atoms with Crippen LogP contribution in [0.15, 0.2) is 6.33 Å². The van der Waals surface area contributed by atoms with E-state index in [4.69, 9.17) is 4.74 Å². The molecule has 1 aliphatic carbocycles. The van der Waals surface area contributed by atoms with E-state index in [1.54, 1.807) is 13.4 Å². The van der Waals surface area contributed by atoms with Crippen LogP contribution in [0.4, 0.5) is 5.82 Å². The van der Waals surface area contributed by atoms with Crippen molar-refractivity contribution in [2.75, 3.05) is 12.4 Å². The van der Waals surface area contributed by atoms with Crippen LogP contribution in [-0.4, -0.2) is 23.1 Å². The van der Waals surface area contributed by atoms with Crippen LogP contribution in [-0.2, 0) is 0 Å². The number of hydrogen-bond acceptors (Lipinski definition) is 4. The number of rotatable bonds is 3. The quantitative estimate of drug-likeness (QED) is 0.851. The van der Waals surface area contributed by atoms with Gasteiger partial charge < -0.3 is 10.1 Å². The van der Waals surface area contributed by atoms with Gasteiger partial charge in [-0.3, -0.25) is 0 Å². The molecule has 0 saturated heterocycles. The molecule has 2 unspecified atom stereocenters. The zero-order chi connectivity index (χ0) is 11.5. The number of anilines is 1. The van der Waals surface area contributed by atoms with Gasteiger partial charge in [-0.15, -0.1) is 0 Å². The van der Waals surface area contributed by atoms with Gasteiger partial charge in [0.15, 0.2) is 0 Å². The fourth-order valence-electron chi connectivity index (χ4n) is 2.32. The molecule has 0 radical (unpaired) electrons. The molecule has 4 heteroatoms. The molecule has 2 rings (SSSR count). The maximum Gasteiger partial charge on any atom is 0.221 e. The van der Waals surface area contributed by atoms with E-state index in [1.165, 1.54) is 19.3 Å². The summed E-state index contributed by atoms with van der Waals surface area (Å²) < 4.78 is 5.19. The maximum atomic E-state index is 5.19. The van der Waals surface area contributed by atoms with Gasteiger partial charge in [0.25, 0.3) is 0 Å². The van der Waals surface area contributed by atoms with Crippen LogP contribution in [0.5, 0.6) is 5.88 Å². The van der Waals surface area contributed by atoms with Crippen molar-refractivity contribution in [2.45, 2.75) is 39.2 Å². The summed E-state index contributed by atoms with van der Waals surface area (Å²) in [4.78, 5) is 8.36. The number of hydrogen-bond donors (Lipinski definition) is 1. The second kappa shape index (κ2) is 4.68. The summed E-state index contributed by atoms with van der Waals surface area (Å²) in [7, 11) is 1.64. The molecule has 1 N–H and O–H groups in total. The van der Waals surface area contributed by atoms with Crippen LogP contribution in [0.1, 0.15) is 31.7 Å². The first kappa shape index (κ1) is 11.2. The van der Waals surface area contributed by atoms with Crippen molar-refractivity contribution in [1.82, 2.24) is 9.97 Å². The highest BCUT2D eigenvalue weighted by Gasteiger charge is 2.24. The molecule has 1 fully saturated rings. The highest BCUT2D eigenvalue weighted by molar-refractivity contribution is 5.48. The van der Waals surface area contributed by atoms with Gasteiger partial charge in [0.2, 0.25) is 5.88 Å². The zero-order valence-electron chi connectivity index (χ0n) is 10.2. The van der Waals surface area contributed by atoms with E-state index in [1.807, 2.05) is 6.92 Å². The van der Waals surface area contributed by atoms with Crippen molar-refractivity contribution >= 4 is 5.82 Å². The molecule has 1 aromatic heterocycles. The summed E-state index contributed by atoms with van der Waals surface area (Å²) in [5.74, 6) is 2.29. The van der Waals surface area contributed by atoms with Crippen LogP contribution in [0.3, 0.4) is 0 Å². The lowest BCUT2D eigenvalue weighted by Crippen LogP contribution is -2.23. The summed E-state index contributed by atoms with van der Waals surface area (Å²) in [6.45, 7) is 4.28. The number of ether oxygens (including phenoxy) is 1. The minimum Gasteiger partial charge on any atom is -0.481 e. The van der Waals surface area contributed by atoms with Crippen LogP contribution >= 0.6 is 0 Å². The van der Waals surface area contributed by atoms with Gasteiger partial charge in [-0.2, -0.15) is 0 Å². The Morgan fingerprint density at radius 1 is 1.38 bits per heavy atom. The van der Waals surface area contributed by atoms with Crippen LogP contribution in [0, 0.1) is 12.8 Å². The smallest absolute Gasteiger partial charge is 0.221 e. The molecule has 0 bridgehead atoms. The van der Waals surface area contributed by atoms with E-state index in [2.05, 4.69) is 22.2 Å².